The van der Waals surface area contributed by atoms with Gasteiger partial charge in [-0.05, 0) is 13.3 Å². The van der Waals surface area contributed by atoms with Gasteiger partial charge in [0.25, 0.3) is 0 Å². The van der Waals surface area contributed by atoms with Crippen LogP contribution in [0.1, 0.15) is 28.1 Å². The van der Waals surface area contributed by atoms with Gasteiger partial charge >= 0.3 is 6.09 Å². The van der Waals surface area contributed by atoms with Gasteiger partial charge in [-0.1, -0.05) is 13.3 Å². The second-order valence-electron chi connectivity index (χ2n) is 2.59. The van der Waals surface area contributed by atoms with Crippen molar-refractivity contribution in [3.63, 3.8) is 0 Å². The predicted octanol–water partition coefficient (Wildman–Crippen LogP) is 1.35. The molecular weight excluding hydrogens is 158 g/mol. The van der Waals surface area contributed by atoms with Gasteiger partial charge in [-0.25, -0.2) is 4.79 Å². The lowest BCUT2D eigenvalue weighted by Crippen LogP contribution is -2.39. The fraction of sp³-hybridized carbons (Fsp3) is 0.750. The van der Waals surface area contributed by atoms with Gasteiger partial charge < -0.3 is 10.1 Å². The van der Waals surface area contributed by atoms with Gasteiger partial charge in [-0.3, -0.25) is 4.79 Å². The van der Waals surface area contributed by atoms with Crippen LogP contribution < -0.4 is 5.32 Å². The van der Waals surface area contributed by atoms with E-state index in [1.54, 1.807) is 0 Å². The molecule has 0 aliphatic heterocycles. The van der Waals surface area contributed by atoms with Crippen LogP contribution in [0.5, 0.6) is 0 Å². The maximum Gasteiger partial charge on any atom is 0.407 e. The van der Waals surface area contributed by atoms with E-state index in [0.29, 0.717) is 6.42 Å². The summed E-state index contributed by atoms with van der Waals surface area (Å²) in [4.78, 5) is 21.6. The van der Waals surface area contributed by atoms with Crippen LogP contribution in [0.15, 0.2) is 0 Å². The smallest absolute Gasteiger partial charge is 0.407 e. The van der Waals surface area contributed by atoms with Crippen molar-refractivity contribution in [3.05, 3.63) is 0 Å². The summed E-state index contributed by atoms with van der Waals surface area (Å²) in [5, 5.41) is 2.46. The fourth-order valence-electron chi connectivity index (χ4n) is 0.867. The third kappa shape index (κ3) is 3.95. The molecule has 0 aliphatic carbocycles. The first-order chi connectivity index (χ1) is 5.61. The SMILES string of the molecule is CCC[C@@H](NC(=O)OC)C(C)=O.[HH]. The fourth-order valence-corrected chi connectivity index (χ4v) is 0.867. The lowest BCUT2D eigenvalue weighted by atomic mass is 10.1. The second-order valence-corrected chi connectivity index (χ2v) is 2.59. The van der Waals surface area contributed by atoms with Crippen LogP contribution in [-0.2, 0) is 9.53 Å². The summed E-state index contributed by atoms with van der Waals surface area (Å²) in [5.41, 5.74) is 0. The van der Waals surface area contributed by atoms with E-state index in [1.807, 2.05) is 6.92 Å². The third-order valence-electron chi connectivity index (χ3n) is 1.55. The van der Waals surface area contributed by atoms with Crippen LogP contribution >= 0.6 is 0 Å². The number of amides is 1. The summed E-state index contributed by atoms with van der Waals surface area (Å²) < 4.78 is 4.37. The minimum Gasteiger partial charge on any atom is -0.453 e. The molecule has 0 saturated carbocycles. The number of carbonyl (C=O) groups is 2. The normalized spacial score (nSPS) is 11.9. The topological polar surface area (TPSA) is 55.4 Å². The number of nitrogens with one attached hydrogen (secondary N) is 1. The van der Waals surface area contributed by atoms with E-state index in [1.165, 1.54) is 14.0 Å². The Labute approximate surface area is 73.8 Å². The van der Waals surface area contributed by atoms with Crippen LogP contribution in [0.25, 0.3) is 0 Å². The maximum atomic E-state index is 10.9. The van der Waals surface area contributed by atoms with Gasteiger partial charge in [-0.2, -0.15) is 0 Å². The largest absolute Gasteiger partial charge is 0.453 e. The first-order valence-corrected chi connectivity index (χ1v) is 3.96. The Kier molecular flexibility index (Phi) is 5.08. The van der Waals surface area contributed by atoms with Crippen molar-refractivity contribution in [2.45, 2.75) is 32.7 Å². The molecule has 0 aromatic carbocycles. The highest BCUT2D eigenvalue weighted by Gasteiger charge is 2.15. The molecule has 0 aliphatic rings. The third-order valence-corrected chi connectivity index (χ3v) is 1.55. The van der Waals surface area contributed by atoms with E-state index < -0.39 is 12.1 Å². The Morgan fingerprint density at radius 1 is 1.58 bits per heavy atom. The molecular formula is C8H17NO3. The average molecular weight is 175 g/mol. The zero-order chi connectivity index (χ0) is 9.56. The number of Topliss-reactive ketones (excluding diaryl/α,β-unsaturated/α-hetero) is 1. The van der Waals surface area contributed by atoms with E-state index in [4.69, 9.17) is 0 Å². The van der Waals surface area contributed by atoms with Gasteiger partial charge in [0.15, 0.2) is 5.78 Å². The molecule has 0 fully saturated rings. The summed E-state index contributed by atoms with van der Waals surface area (Å²) in [6.45, 7) is 3.41. The second kappa shape index (κ2) is 5.57. The van der Waals surface area contributed by atoms with Gasteiger partial charge in [0.05, 0.1) is 13.2 Å². The molecule has 0 radical (unpaired) electrons. The Morgan fingerprint density at radius 2 is 2.17 bits per heavy atom. The predicted molar refractivity (Wildman–Crippen MR) is 47.0 cm³/mol. The molecule has 4 nitrogen and oxygen atoms in total. The van der Waals surface area contributed by atoms with E-state index in [9.17, 15) is 9.59 Å². The summed E-state index contributed by atoms with van der Waals surface area (Å²) in [6.07, 6.45) is 0.960. The Morgan fingerprint density at radius 3 is 2.50 bits per heavy atom. The number of hydrogen-bond acceptors (Lipinski definition) is 3. The van der Waals surface area contributed by atoms with E-state index in [2.05, 4.69) is 10.1 Å². The van der Waals surface area contributed by atoms with Crippen LogP contribution in [-0.4, -0.2) is 25.0 Å². The molecule has 1 amide bonds. The number of methoxy groups -OCH3 is 1. The zero-order valence-corrected chi connectivity index (χ0v) is 7.72. The van der Waals surface area contributed by atoms with Gasteiger partial charge in [0.2, 0.25) is 0 Å². The molecule has 0 aromatic heterocycles. The molecule has 0 rings (SSSR count). The molecule has 0 spiro atoms. The zero-order valence-electron chi connectivity index (χ0n) is 7.72. The van der Waals surface area contributed by atoms with Crippen LogP contribution in [0, 0.1) is 0 Å². The first-order valence-electron chi connectivity index (χ1n) is 3.96. The van der Waals surface area contributed by atoms with Crippen molar-refractivity contribution in [1.82, 2.24) is 5.32 Å². The number of ether oxygens (including phenoxy) is 1. The molecule has 0 aromatic rings. The van der Waals surface area contributed by atoms with E-state index >= 15 is 0 Å². The molecule has 0 saturated heterocycles. The van der Waals surface area contributed by atoms with Crippen LogP contribution in [0.2, 0.25) is 0 Å². The number of hydrogen-bond donors (Lipinski definition) is 1. The molecule has 4 heteroatoms. The van der Waals surface area contributed by atoms with Crippen molar-refractivity contribution in [2.24, 2.45) is 0 Å². The molecule has 1 atom stereocenters. The lowest BCUT2D eigenvalue weighted by Gasteiger charge is -2.13. The van der Waals surface area contributed by atoms with Crippen molar-refractivity contribution >= 4 is 11.9 Å². The Bertz CT molecular complexity index is 171. The molecule has 0 heterocycles. The van der Waals surface area contributed by atoms with Gasteiger partial charge in [-0.15, -0.1) is 0 Å². The highest BCUT2D eigenvalue weighted by Crippen LogP contribution is 1.97. The van der Waals surface area contributed by atoms with E-state index in [-0.39, 0.29) is 7.21 Å². The summed E-state index contributed by atoms with van der Waals surface area (Å²) >= 11 is 0. The quantitative estimate of drug-likeness (QED) is 0.701. The monoisotopic (exact) mass is 175 g/mol. The summed E-state index contributed by atoms with van der Waals surface area (Å²) in [6, 6.07) is -0.401. The number of alkyl carbamates (subject to hydrolysis) is 1. The van der Waals surface area contributed by atoms with Crippen molar-refractivity contribution in [2.75, 3.05) is 7.11 Å². The molecule has 12 heavy (non-hydrogen) atoms. The highest BCUT2D eigenvalue weighted by atomic mass is 16.5. The minimum atomic E-state index is -0.552. The molecule has 72 valence electrons. The Hall–Kier alpha value is -1.06. The number of rotatable bonds is 4. The highest BCUT2D eigenvalue weighted by molar-refractivity contribution is 5.85. The summed E-state index contributed by atoms with van der Waals surface area (Å²) in [5.74, 6) is -0.0396. The van der Waals surface area contributed by atoms with Crippen molar-refractivity contribution in [1.29, 1.82) is 0 Å². The average Bonchev–Trinajstić information content (AvgIpc) is 2.03. The van der Waals surface area contributed by atoms with Gasteiger partial charge in [0.1, 0.15) is 0 Å². The van der Waals surface area contributed by atoms with Crippen LogP contribution in [0.4, 0.5) is 4.79 Å². The van der Waals surface area contributed by atoms with E-state index in [0.717, 1.165) is 6.42 Å². The first kappa shape index (κ1) is 10.9. The number of carbonyl (C=O) groups excluding carboxylic acids is 2. The number of ketones is 1. The van der Waals surface area contributed by atoms with Crippen molar-refractivity contribution in [3.8, 4) is 0 Å². The lowest BCUT2D eigenvalue weighted by molar-refractivity contribution is -0.119. The molecule has 0 bridgehead atoms. The van der Waals surface area contributed by atoms with Gasteiger partial charge in [0, 0.05) is 1.43 Å². The molecule has 0 unspecified atom stereocenters. The summed E-state index contributed by atoms with van der Waals surface area (Å²) in [7, 11) is 1.28. The standard InChI is InChI=1S/C8H15NO3.H2/c1-4-5-7(6(2)10)9-8(11)12-3;/h7H,4-5H2,1-3H3,(H,9,11);1H/t7-;/m1./s1. The van der Waals surface area contributed by atoms with Crippen LogP contribution in [0.3, 0.4) is 0 Å². The maximum absolute atomic E-state index is 10.9. The Balaban J connectivity index is 0. The minimum absolute atomic E-state index is 0. The van der Waals surface area contributed by atoms with Crippen molar-refractivity contribution < 1.29 is 15.8 Å². The molecule has 1 N–H and O–H groups in total.